The molecule has 0 aliphatic heterocycles. The van der Waals surface area contributed by atoms with E-state index in [4.69, 9.17) is 0 Å². The maximum atomic E-state index is 10.6. The molecule has 13 heavy (non-hydrogen) atoms. The molecule has 0 radical (unpaired) electrons. The van der Waals surface area contributed by atoms with Gasteiger partial charge in [-0.2, -0.15) is 0 Å². The Labute approximate surface area is 76.7 Å². The molecule has 0 bridgehead atoms. The van der Waals surface area contributed by atoms with Gasteiger partial charge in [0.2, 0.25) is 0 Å². The summed E-state index contributed by atoms with van der Waals surface area (Å²) < 4.78 is 0. The second-order valence-corrected chi connectivity index (χ2v) is 2.96. The molecule has 0 aliphatic carbocycles. The molecule has 4 nitrogen and oxygen atoms in total. The van der Waals surface area contributed by atoms with E-state index < -0.39 is 0 Å². The Balaban J connectivity index is 3.35. The Morgan fingerprint density at radius 3 is 2.46 bits per heavy atom. The molecule has 0 amide bonds. The first-order chi connectivity index (χ1) is 6.06. The molecule has 1 N–H and O–H groups in total. The van der Waals surface area contributed by atoms with E-state index in [0.29, 0.717) is 5.56 Å². The molecule has 1 aromatic rings. The molecule has 0 atom stereocenters. The van der Waals surface area contributed by atoms with Crippen molar-refractivity contribution in [2.75, 3.05) is 12.4 Å². The lowest BCUT2D eigenvalue weighted by Gasteiger charge is -2.06. The molecule has 0 spiro atoms. The van der Waals surface area contributed by atoms with Crippen molar-refractivity contribution in [1.82, 2.24) is 0 Å². The average molecular weight is 180 g/mol. The number of hydrogen-bond donors (Lipinski definition) is 1. The van der Waals surface area contributed by atoms with Crippen LogP contribution >= 0.6 is 0 Å². The maximum Gasteiger partial charge on any atom is 0.274 e. The minimum absolute atomic E-state index is 0.171. The van der Waals surface area contributed by atoms with E-state index >= 15 is 0 Å². The molecule has 70 valence electrons. The fourth-order valence-corrected chi connectivity index (χ4v) is 1.29. The van der Waals surface area contributed by atoms with Gasteiger partial charge in [-0.05, 0) is 25.5 Å². The highest BCUT2D eigenvalue weighted by Crippen LogP contribution is 2.26. The third-order valence-electron chi connectivity index (χ3n) is 1.99. The van der Waals surface area contributed by atoms with E-state index in [2.05, 4.69) is 5.32 Å². The number of nitro benzene ring substituents is 1. The molecule has 0 unspecified atom stereocenters. The van der Waals surface area contributed by atoms with E-state index in [1.54, 1.807) is 20.0 Å². The van der Waals surface area contributed by atoms with Crippen LogP contribution < -0.4 is 5.32 Å². The molecule has 0 fully saturated rings. The molecule has 0 saturated heterocycles. The summed E-state index contributed by atoms with van der Waals surface area (Å²) in [4.78, 5) is 10.3. The van der Waals surface area contributed by atoms with Crippen LogP contribution in [0.2, 0.25) is 0 Å². The van der Waals surface area contributed by atoms with Gasteiger partial charge in [-0.1, -0.05) is 0 Å². The van der Waals surface area contributed by atoms with Gasteiger partial charge in [-0.25, -0.2) is 0 Å². The van der Waals surface area contributed by atoms with Crippen molar-refractivity contribution >= 4 is 11.4 Å². The summed E-state index contributed by atoms with van der Waals surface area (Å²) in [6, 6.07) is 3.47. The summed E-state index contributed by atoms with van der Waals surface area (Å²) in [7, 11) is 1.76. The highest BCUT2D eigenvalue weighted by molar-refractivity contribution is 5.61. The van der Waals surface area contributed by atoms with Crippen molar-refractivity contribution in [2.24, 2.45) is 0 Å². The summed E-state index contributed by atoms with van der Waals surface area (Å²) in [5.74, 6) is 0. The number of nitrogens with zero attached hydrogens (tertiary/aromatic N) is 1. The van der Waals surface area contributed by atoms with Crippen LogP contribution in [0.3, 0.4) is 0 Å². The van der Waals surface area contributed by atoms with Gasteiger partial charge in [0, 0.05) is 24.4 Å². The minimum Gasteiger partial charge on any atom is -0.388 e. The van der Waals surface area contributed by atoms with E-state index in [1.165, 1.54) is 0 Å². The van der Waals surface area contributed by atoms with Crippen molar-refractivity contribution in [1.29, 1.82) is 0 Å². The van der Waals surface area contributed by atoms with Crippen LogP contribution in [0, 0.1) is 24.0 Å². The summed E-state index contributed by atoms with van der Waals surface area (Å²) in [5.41, 5.74) is 2.55. The fourth-order valence-electron chi connectivity index (χ4n) is 1.29. The van der Waals surface area contributed by atoms with Crippen molar-refractivity contribution < 1.29 is 4.92 Å². The van der Waals surface area contributed by atoms with Gasteiger partial charge >= 0.3 is 0 Å². The van der Waals surface area contributed by atoms with E-state index in [9.17, 15) is 10.1 Å². The zero-order valence-corrected chi connectivity index (χ0v) is 7.92. The molecule has 1 aromatic carbocycles. The Kier molecular flexibility index (Phi) is 2.51. The number of anilines is 1. The van der Waals surface area contributed by atoms with Crippen LogP contribution in [0.4, 0.5) is 11.4 Å². The first-order valence-electron chi connectivity index (χ1n) is 3.99. The largest absolute Gasteiger partial charge is 0.388 e. The quantitative estimate of drug-likeness (QED) is 0.561. The summed E-state index contributed by atoms with van der Waals surface area (Å²) in [5, 5.41) is 13.5. The fraction of sp³-hybridized carbons (Fsp3) is 0.333. The number of nitro groups is 1. The monoisotopic (exact) mass is 180 g/mol. The molecular formula is C9H12N2O2. The number of hydrogen-bond acceptors (Lipinski definition) is 3. The molecule has 1 rings (SSSR count). The first-order valence-corrected chi connectivity index (χ1v) is 3.99. The van der Waals surface area contributed by atoms with Crippen LogP contribution in [0.25, 0.3) is 0 Å². The van der Waals surface area contributed by atoms with Crippen molar-refractivity contribution in [3.05, 3.63) is 33.4 Å². The SMILES string of the molecule is CNc1cc(C)cc([N+](=O)[O-])c1C. The topological polar surface area (TPSA) is 55.2 Å². The molecule has 0 aliphatic rings. The van der Waals surface area contributed by atoms with Gasteiger partial charge in [0.05, 0.1) is 4.92 Å². The van der Waals surface area contributed by atoms with Gasteiger partial charge < -0.3 is 5.32 Å². The van der Waals surface area contributed by atoms with Crippen LogP contribution in [0.5, 0.6) is 0 Å². The van der Waals surface area contributed by atoms with Crippen LogP contribution in [0.15, 0.2) is 12.1 Å². The lowest BCUT2D eigenvalue weighted by atomic mass is 10.1. The van der Waals surface area contributed by atoms with Crippen LogP contribution in [-0.2, 0) is 0 Å². The van der Waals surface area contributed by atoms with Crippen LogP contribution in [0.1, 0.15) is 11.1 Å². The zero-order chi connectivity index (χ0) is 10.0. The van der Waals surface area contributed by atoms with E-state index in [1.807, 2.05) is 13.0 Å². The summed E-state index contributed by atoms with van der Waals surface area (Å²) >= 11 is 0. The number of benzene rings is 1. The number of nitrogens with one attached hydrogen (secondary N) is 1. The normalized spacial score (nSPS) is 9.77. The highest BCUT2D eigenvalue weighted by Gasteiger charge is 2.13. The first kappa shape index (κ1) is 9.51. The van der Waals surface area contributed by atoms with Gasteiger partial charge in [0.1, 0.15) is 0 Å². The molecule has 0 aromatic heterocycles. The van der Waals surface area contributed by atoms with Crippen molar-refractivity contribution in [3.8, 4) is 0 Å². The zero-order valence-electron chi connectivity index (χ0n) is 7.92. The second kappa shape index (κ2) is 3.43. The Hall–Kier alpha value is -1.58. The Morgan fingerprint density at radius 1 is 1.38 bits per heavy atom. The molecular weight excluding hydrogens is 168 g/mol. The summed E-state index contributed by atoms with van der Waals surface area (Å²) in [6.45, 7) is 3.58. The summed E-state index contributed by atoms with van der Waals surface area (Å²) in [6.07, 6.45) is 0. The third kappa shape index (κ3) is 1.77. The number of rotatable bonds is 2. The highest BCUT2D eigenvalue weighted by atomic mass is 16.6. The van der Waals surface area contributed by atoms with E-state index in [0.717, 1.165) is 11.3 Å². The van der Waals surface area contributed by atoms with Gasteiger partial charge in [0.25, 0.3) is 5.69 Å². The molecule has 0 heterocycles. The lowest BCUT2D eigenvalue weighted by Crippen LogP contribution is -1.98. The molecule has 0 saturated carbocycles. The predicted octanol–water partition coefficient (Wildman–Crippen LogP) is 2.25. The smallest absolute Gasteiger partial charge is 0.274 e. The molecule has 4 heteroatoms. The maximum absolute atomic E-state index is 10.6. The minimum atomic E-state index is -0.358. The van der Waals surface area contributed by atoms with Crippen molar-refractivity contribution in [3.63, 3.8) is 0 Å². The number of aryl methyl sites for hydroxylation is 1. The predicted molar refractivity (Wildman–Crippen MR) is 52.1 cm³/mol. The average Bonchev–Trinajstić information content (AvgIpc) is 2.08. The van der Waals surface area contributed by atoms with Crippen molar-refractivity contribution in [2.45, 2.75) is 13.8 Å². The lowest BCUT2D eigenvalue weighted by molar-refractivity contribution is -0.385. The second-order valence-electron chi connectivity index (χ2n) is 2.96. The van der Waals surface area contributed by atoms with Crippen LogP contribution in [-0.4, -0.2) is 12.0 Å². The Morgan fingerprint density at radius 2 is 2.00 bits per heavy atom. The van der Waals surface area contributed by atoms with Gasteiger partial charge in [-0.3, -0.25) is 10.1 Å². The van der Waals surface area contributed by atoms with Gasteiger partial charge in [0.15, 0.2) is 0 Å². The van der Waals surface area contributed by atoms with Gasteiger partial charge in [-0.15, -0.1) is 0 Å². The third-order valence-corrected chi connectivity index (χ3v) is 1.99. The Bertz CT molecular complexity index is 348. The van der Waals surface area contributed by atoms with E-state index in [-0.39, 0.29) is 10.6 Å². The standard InChI is InChI=1S/C9H12N2O2/c1-6-4-8(10-3)7(2)9(5-6)11(12)13/h4-5,10H,1-3H3.